The second-order valence-corrected chi connectivity index (χ2v) is 3.09. The van der Waals surface area contributed by atoms with Crippen molar-refractivity contribution < 1.29 is 19.0 Å². The van der Waals surface area contributed by atoms with Crippen molar-refractivity contribution in [2.75, 3.05) is 20.8 Å². The summed E-state index contributed by atoms with van der Waals surface area (Å²) in [6.45, 7) is 2.17. The summed E-state index contributed by atoms with van der Waals surface area (Å²) in [5.41, 5.74) is 0.496. The van der Waals surface area contributed by atoms with Gasteiger partial charge in [-0.1, -0.05) is 0 Å². The Labute approximate surface area is 99.5 Å². The fourth-order valence-electron chi connectivity index (χ4n) is 1.37. The van der Waals surface area contributed by atoms with Crippen molar-refractivity contribution in [2.24, 2.45) is 0 Å². The number of nitrogens with zero attached hydrogens (tertiary/aromatic N) is 1. The number of nitriles is 1. The Bertz CT molecular complexity index is 462. The first kappa shape index (κ1) is 12.8. The van der Waals surface area contributed by atoms with Crippen LogP contribution in [0.15, 0.2) is 12.1 Å². The van der Waals surface area contributed by atoms with E-state index in [-0.39, 0.29) is 5.56 Å². The molecule has 0 aliphatic carbocycles. The second kappa shape index (κ2) is 5.75. The third kappa shape index (κ3) is 2.67. The number of hydrogen-bond acceptors (Lipinski definition) is 5. The number of carbonyl (C=O) groups excluding carboxylic acids is 1. The number of ether oxygens (including phenoxy) is 3. The van der Waals surface area contributed by atoms with E-state index < -0.39 is 5.97 Å². The van der Waals surface area contributed by atoms with Gasteiger partial charge in [0.15, 0.2) is 11.5 Å². The summed E-state index contributed by atoms with van der Waals surface area (Å²) >= 11 is 0. The van der Waals surface area contributed by atoms with E-state index in [9.17, 15) is 4.79 Å². The standard InChI is InChI=1S/C12H13NO4/c1-4-17-11-9(12(14)16-3)5-8(7-13)6-10(11)15-2/h5-6H,4H2,1-3H3. The van der Waals surface area contributed by atoms with Gasteiger partial charge >= 0.3 is 5.97 Å². The summed E-state index contributed by atoms with van der Waals surface area (Å²) in [6.07, 6.45) is 0. The quantitative estimate of drug-likeness (QED) is 0.743. The van der Waals surface area contributed by atoms with E-state index in [1.165, 1.54) is 26.4 Å². The lowest BCUT2D eigenvalue weighted by Gasteiger charge is -2.13. The van der Waals surface area contributed by atoms with E-state index in [0.717, 1.165) is 0 Å². The Balaban J connectivity index is 3.41. The van der Waals surface area contributed by atoms with E-state index in [1.54, 1.807) is 6.92 Å². The summed E-state index contributed by atoms with van der Waals surface area (Å²) in [5, 5.41) is 8.86. The first-order chi connectivity index (χ1) is 8.17. The van der Waals surface area contributed by atoms with Crippen LogP contribution in [0.2, 0.25) is 0 Å². The molecule has 0 radical (unpaired) electrons. The minimum atomic E-state index is -0.566. The van der Waals surface area contributed by atoms with Gasteiger partial charge in [0.05, 0.1) is 32.5 Å². The van der Waals surface area contributed by atoms with E-state index in [0.29, 0.717) is 23.7 Å². The van der Waals surface area contributed by atoms with Gasteiger partial charge in [-0.2, -0.15) is 5.26 Å². The average Bonchev–Trinajstić information content (AvgIpc) is 2.38. The van der Waals surface area contributed by atoms with Crippen LogP contribution in [0.3, 0.4) is 0 Å². The summed E-state index contributed by atoms with van der Waals surface area (Å²) < 4.78 is 15.1. The minimum absolute atomic E-state index is 0.185. The summed E-state index contributed by atoms with van der Waals surface area (Å²) in [7, 11) is 2.71. The van der Waals surface area contributed by atoms with Gasteiger partial charge in [0, 0.05) is 6.07 Å². The summed E-state index contributed by atoms with van der Waals surface area (Å²) in [5.74, 6) is 0.0657. The molecule has 90 valence electrons. The Kier molecular flexibility index (Phi) is 4.35. The summed E-state index contributed by atoms with van der Waals surface area (Å²) in [6, 6.07) is 4.87. The molecule has 0 heterocycles. The van der Waals surface area contributed by atoms with Crippen molar-refractivity contribution in [3.05, 3.63) is 23.3 Å². The van der Waals surface area contributed by atoms with Crippen LogP contribution in [0.25, 0.3) is 0 Å². The van der Waals surface area contributed by atoms with E-state index >= 15 is 0 Å². The smallest absolute Gasteiger partial charge is 0.341 e. The third-order valence-electron chi connectivity index (χ3n) is 2.10. The minimum Gasteiger partial charge on any atom is -0.493 e. The monoisotopic (exact) mass is 235 g/mol. The van der Waals surface area contributed by atoms with Crippen molar-refractivity contribution in [3.63, 3.8) is 0 Å². The number of carbonyl (C=O) groups is 1. The van der Waals surface area contributed by atoms with Crippen LogP contribution in [0, 0.1) is 11.3 Å². The molecule has 0 spiro atoms. The van der Waals surface area contributed by atoms with E-state index in [2.05, 4.69) is 4.74 Å². The molecule has 0 amide bonds. The second-order valence-electron chi connectivity index (χ2n) is 3.09. The molecule has 0 atom stereocenters. The largest absolute Gasteiger partial charge is 0.493 e. The first-order valence-electron chi connectivity index (χ1n) is 5.01. The van der Waals surface area contributed by atoms with Crippen LogP contribution >= 0.6 is 0 Å². The molecule has 0 fully saturated rings. The molecule has 17 heavy (non-hydrogen) atoms. The Hall–Kier alpha value is -2.22. The molecule has 0 saturated carbocycles. The maximum atomic E-state index is 11.6. The molecule has 1 aromatic carbocycles. The van der Waals surface area contributed by atoms with Gasteiger partial charge in [0.25, 0.3) is 0 Å². The van der Waals surface area contributed by atoms with Gasteiger partial charge in [0.1, 0.15) is 5.56 Å². The highest BCUT2D eigenvalue weighted by molar-refractivity contribution is 5.94. The lowest BCUT2D eigenvalue weighted by atomic mass is 10.1. The Morgan fingerprint density at radius 1 is 1.41 bits per heavy atom. The lowest BCUT2D eigenvalue weighted by Crippen LogP contribution is -2.07. The van der Waals surface area contributed by atoms with Crippen molar-refractivity contribution in [3.8, 4) is 17.6 Å². The molecule has 0 unspecified atom stereocenters. The zero-order chi connectivity index (χ0) is 12.8. The van der Waals surface area contributed by atoms with Crippen LogP contribution in [-0.2, 0) is 4.74 Å². The fourth-order valence-corrected chi connectivity index (χ4v) is 1.37. The SMILES string of the molecule is CCOc1c(OC)cc(C#N)cc1C(=O)OC. The van der Waals surface area contributed by atoms with Gasteiger partial charge in [-0.05, 0) is 13.0 Å². The maximum Gasteiger partial charge on any atom is 0.341 e. The predicted molar refractivity (Wildman–Crippen MR) is 60.2 cm³/mol. The highest BCUT2D eigenvalue weighted by Crippen LogP contribution is 2.33. The Morgan fingerprint density at radius 3 is 2.59 bits per heavy atom. The van der Waals surface area contributed by atoms with Crippen LogP contribution in [0.5, 0.6) is 11.5 Å². The van der Waals surface area contributed by atoms with Crippen molar-refractivity contribution in [2.45, 2.75) is 6.92 Å². The molecule has 0 bridgehead atoms. The van der Waals surface area contributed by atoms with Crippen LogP contribution < -0.4 is 9.47 Å². The van der Waals surface area contributed by atoms with E-state index in [1.807, 2.05) is 6.07 Å². The average molecular weight is 235 g/mol. The molecule has 1 aromatic rings. The molecule has 0 saturated heterocycles. The third-order valence-corrected chi connectivity index (χ3v) is 2.10. The number of benzene rings is 1. The number of hydrogen-bond donors (Lipinski definition) is 0. The number of rotatable bonds is 4. The fraction of sp³-hybridized carbons (Fsp3) is 0.333. The maximum absolute atomic E-state index is 11.6. The molecular weight excluding hydrogens is 222 g/mol. The normalized spacial score (nSPS) is 9.29. The van der Waals surface area contributed by atoms with Crippen molar-refractivity contribution >= 4 is 5.97 Å². The molecule has 0 aliphatic heterocycles. The van der Waals surface area contributed by atoms with Gasteiger partial charge in [-0.15, -0.1) is 0 Å². The van der Waals surface area contributed by atoms with Crippen LogP contribution in [0.1, 0.15) is 22.8 Å². The first-order valence-corrected chi connectivity index (χ1v) is 5.01. The topological polar surface area (TPSA) is 68.5 Å². The molecule has 0 N–H and O–H groups in total. The molecule has 5 heteroatoms. The zero-order valence-electron chi connectivity index (χ0n) is 9.94. The van der Waals surface area contributed by atoms with Crippen molar-refractivity contribution in [1.29, 1.82) is 5.26 Å². The van der Waals surface area contributed by atoms with Crippen molar-refractivity contribution in [1.82, 2.24) is 0 Å². The lowest BCUT2D eigenvalue weighted by molar-refractivity contribution is 0.0595. The van der Waals surface area contributed by atoms with Crippen LogP contribution in [-0.4, -0.2) is 26.8 Å². The highest BCUT2D eigenvalue weighted by Gasteiger charge is 2.19. The number of esters is 1. The van der Waals surface area contributed by atoms with E-state index in [4.69, 9.17) is 14.7 Å². The van der Waals surface area contributed by atoms with Gasteiger partial charge in [-0.25, -0.2) is 4.79 Å². The summed E-state index contributed by atoms with van der Waals surface area (Å²) in [4.78, 5) is 11.6. The predicted octanol–water partition coefficient (Wildman–Crippen LogP) is 1.75. The van der Waals surface area contributed by atoms with Gasteiger partial charge in [-0.3, -0.25) is 0 Å². The van der Waals surface area contributed by atoms with Crippen LogP contribution in [0.4, 0.5) is 0 Å². The molecule has 5 nitrogen and oxygen atoms in total. The molecule has 0 aliphatic rings. The molecular formula is C12H13NO4. The van der Waals surface area contributed by atoms with Gasteiger partial charge < -0.3 is 14.2 Å². The molecule has 1 rings (SSSR count). The molecule has 0 aromatic heterocycles. The Morgan fingerprint density at radius 2 is 2.12 bits per heavy atom. The highest BCUT2D eigenvalue weighted by atomic mass is 16.5. The number of methoxy groups -OCH3 is 2. The zero-order valence-corrected chi connectivity index (χ0v) is 9.94. The van der Waals surface area contributed by atoms with Gasteiger partial charge in [0.2, 0.25) is 0 Å².